The van der Waals surface area contributed by atoms with Crippen LogP contribution in [0.15, 0.2) is 35.2 Å². The number of halogens is 1. The molecule has 2 unspecified atom stereocenters. The third-order valence-corrected chi connectivity index (χ3v) is 5.91. The zero-order valence-electron chi connectivity index (χ0n) is 13.8. The van der Waals surface area contributed by atoms with Gasteiger partial charge in [-0.1, -0.05) is 18.2 Å². The molecular weight excluding hydrogens is 350 g/mol. The third-order valence-electron chi connectivity index (χ3n) is 4.03. The lowest BCUT2D eigenvalue weighted by Gasteiger charge is -2.31. The second-order valence-electron chi connectivity index (χ2n) is 6.07. The number of carbonyl (C=O) groups is 1. The summed E-state index contributed by atoms with van der Waals surface area (Å²) >= 11 is 0. The Morgan fingerprint density at radius 2 is 2.04 bits per heavy atom. The average Bonchev–Trinajstić information content (AvgIpc) is 2.55. The molecule has 0 spiro atoms. The smallest absolute Gasteiger partial charge is 0.243 e. The quantitative estimate of drug-likeness (QED) is 0.785. The minimum atomic E-state index is -3.53. The average molecular weight is 376 g/mol. The first kappa shape index (κ1) is 20.9. The number of piperidine rings is 1. The molecule has 1 amide bonds. The Kier molecular flexibility index (Phi) is 8.15. The van der Waals surface area contributed by atoms with Crippen LogP contribution < -0.4 is 11.1 Å². The van der Waals surface area contributed by atoms with Gasteiger partial charge < -0.3 is 11.1 Å². The van der Waals surface area contributed by atoms with E-state index in [-0.39, 0.29) is 41.7 Å². The van der Waals surface area contributed by atoms with Crippen LogP contribution in [0.2, 0.25) is 0 Å². The van der Waals surface area contributed by atoms with Crippen molar-refractivity contribution in [1.29, 1.82) is 0 Å². The van der Waals surface area contributed by atoms with Crippen molar-refractivity contribution in [2.45, 2.75) is 37.1 Å². The number of sulfonamides is 1. The highest BCUT2D eigenvalue weighted by Crippen LogP contribution is 2.23. The lowest BCUT2D eigenvalue weighted by atomic mass is 9.99. The van der Waals surface area contributed by atoms with E-state index in [1.54, 1.807) is 30.3 Å². The molecule has 1 fully saturated rings. The van der Waals surface area contributed by atoms with Crippen LogP contribution in [0.4, 0.5) is 0 Å². The van der Waals surface area contributed by atoms with E-state index in [0.717, 1.165) is 0 Å². The van der Waals surface area contributed by atoms with E-state index in [0.29, 0.717) is 32.4 Å². The van der Waals surface area contributed by atoms with Crippen LogP contribution in [0.3, 0.4) is 0 Å². The standard InChI is InChI=1S/C16H25N3O3S.ClH/c1-13(17)9-10-18-16(20)14-6-5-11-19(12-14)23(21,22)15-7-3-2-4-8-15;/h2-4,7-8,13-14H,5-6,9-12,17H2,1H3,(H,18,20);1H. The molecule has 3 N–H and O–H groups in total. The van der Waals surface area contributed by atoms with Gasteiger partial charge >= 0.3 is 0 Å². The maximum Gasteiger partial charge on any atom is 0.243 e. The predicted octanol–water partition coefficient (Wildman–Crippen LogP) is 1.36. The summed E-state index contributed by atoms with van der Waals surface area (Å²) in [7, 11) is -3.53. The Labute approximate surface area is 150 Å². The molecule has 1 aliphatic rings. The van der Waals surface area contributed by atoms with Crippen LogP contribution in [0.1, 0.15) is 26.2 Å². The summed E-state index contributed by atoms with van der Waals surface area (Å²) in [4.78, 5) is 12.5. The fraction of sp³-hybridized carbons (Fsp3) is 0.562. The molecule has 0 bridgehead atoms. The summed E-state index contributed by atoms with van der Waals surface area (Å²) in [6, 6.07) is 8.40. The predicted molar refractivity (Wildman–Crippen MR) is 96.4 cm³/mol. The van der Waals surface area contributed by atoms with Crippen LogP contribution >= 0.6 is 12.4 Å². The molecule has 1 heterocycles. The first-order chi connectivity index (χ1) is 10.9. The number of hydrogen-bond donors (Lipinski definition) is 2. The van der Waals surface area contributed by atoms with Crippen LogP contribution in [-0.4, -0.2) is 44.3 Å². The van der Waals surface area contributed by atoms with E-state index < -0.39 is 10.0 Å². The number of nitrogens with zero attached hydrogens (tertiary/aromatic N) is 1. The zero-order chi connectivity index (χ0) is 16.9. The molecular formula is C16H26ClN3O3S. The molecule has 1 aromatic carbocycles. The van der Waals surface area contributed by atoms with Crippen molar-refractivity contribution in [2.24, 2.45) is 11.7 Å². The van der Waals surface area contributed by atoms with Crippen LogP contribution in [0, 0.1) is 5.92 Å². The molecule has 1 saturated heterocycles. The van der Waals surface area contributed by atoms with Gasteiger partial charge in [0.2, 0.25) is 15.9 Å². The van der Waals surface area contributed by atoms with Crippen LogP contribution in [-0.2, 0) is 14.8 Å². The highest BCUT2D eigenvalue weighted by atomic mass is 35.5. The van der Waals surface area contributed by atoms with Gasteiger partial charge in [0.05, 0.1) is 10.8 Å². The van der Waals surface area contributed by atoms with Crippen molar-refractivity contribution in [1.82, 2.24) is 9.62 Å². The molecule has 0 aliphatic carbocycles. The lowest BCUT2D eigenvalue weighted by Crippen LogP contribution is -2.45. The Bertz CT molecular complexity index is 623. The highest BCUT2D eigenvalue weighted by Gasteiger charge is 2.33. The van der Waals surface area contributed by atoms with E-state index in [2.05, 4.69) is 5.32 Å². The molecule has 136 valence electrons. The largest absolute Gasteiger partial charge is 0.356 e. The number of hydrogen-bond acceptors (Lipinski definition) is 4. The Morgan fingerprint density at radius 1 is 1.38 bits per heavy atom. The topological polar surface area (TPSA) is 92.5 Å². The number of carbonyl (C=O) groups excluding carboxylic acids is 1. The zero-order valence-corrected chi connectivity index (χ0v) is 15.5. The highest BCUT2D eigenvalue weighted by molar-refractivity contribution is 7.89. The van der Waals surface area contributed by atoms with E-state index in [1.165, 1.54) is 4.31 Å². The van der Waals surface area contributed by atoms with Crippen molar-refractivity contribution in [3.63, 3.8) is 0 Å². The summed E-state index contributed by atoms with van der Waals surface area (Å²) < 4.78 is 26.7. The number of nitrogens with one attached hydrogen (secondary N) is 1. The fourth-order valence-corrected chi connectivity index (χ4v) is 4.23. The number of benzene rings is 1. The molecule has 0 saturated carbocycles. The number of amides is 1. The minimum Gasteiger partial charge on any atom is -0.356 e. The van der Waals surface area contributed by atoms with Gasteiger partial charge in [0.25, 0.3) is 0 Å². The van der Waals surface area contributed by atoms with Gasteiger partial charge in [0.15, 0.2) is 0 Å². The Morgan fingerprint density at radius 3 is 2.67 bits per heavy atom. The summed E-state index contributed by atoms with van der Waals surface area (Å²) in [5, 5.41) is 2.86. The van der Waals surface area contributed by atoms with E-state index in [9.17, 15) is 13.2 Å². The summed E-state index contributed by atoms with van der Waals surface area (Å²) in [5.41, 5.74) is 5.66. The van der Waals surface area contributed by atoms with E-state index in [1.807, 2.05) is 6.92 Å². The molecule has 1 aliphatic heterocycles. The van der Waals surface area contributed by atoms with E-state index in [4.69, 9.17) is 5.73 Å². The van der Waals surface area contributed by atoms with Gasteiger partial charge in [-0.2, -0.15) is 4.31 Å². The third kappa shape index (κ3) is 5.44. The van der Waals surface area contributed by atoms with Crippen molar-refractivity contribution in [3.8, 4) is 0 Å². The Balaban J connectivity index is 0.00000288. The molecule has 6 nitrogen and oxygen atoms in total. The number of nitrogens with two attached hydrogens (primary N) is 1. The van der Waals surface area contributed by atoms with Crippen LogP contribution in [0.25, 0.3) is 0 Å². The summed E-state index contributed by atoms with van der Waals surface area (Å²) in [6.45, 7) is 3.11. The lowest BCUT2D eigenvalue weighted by molar-refractivity contribution is -0.126. The SMILES string of the molecule is CC(N)CCNC(=O)C1CCCN(S(=O)(=O)c2ccccc2)C1.Cl. The maximum absolute atomic E-state index is 12.6. The molecule has 2 rings (SSSR count). The monoisotopic (exact) mass is 375 g/mol. The molecule has 2 atom stereocenters. The minimum absolute atomic E-state index is 0. The second-order valence-corrected chi connectivity index (χ2v) is 8.01. The van der Waals surface area contributed by atoms with E-state index >= 15 is 0 Å². The molecule has 0 radical (unpaired) electrons. The molecule has 8 heteroatoms. The van der Waals surface area contributed by atoms with Crippen molar-refractivity contribution < 1.29 is 13.2 Å². The second kappa shape index (κ2) is 9.36. The molecule has 1 aromatic rings. The van der Waals surface area contributed by atoms with Crippen molar-refractivity contribution in [2.75, 3.05) is 19.6 Å². The van der Waals surface area contributed by atoms with Gasteiger partial charge in [0, 0.05) is 25.7 Å². The fourth-order valence-electron chi connectivity index (χ4n) is 2.68. The normalized spacial score (nSPS) is 20.0. The van der Waals surface area contributed by atoms with Gasteiger partial charge in [-0.25, -0.2) is 8.42 Å². The van der Waals surface area contributed by atoms with Gasteiger partial charge in [-0.05, 0) is 38.3 Å². The van der Waals surface area contributed by atoms with Gasteiger partial charge in [0.1, 0.15) is 0 Å². The van der Waals surface area contributed by atoms with Crippen molar-refractivity contribution >= 4 is 28.3 Å². The van der Waals surface area contributed by atoms with Crippen molar-refractivity contribution in [3.05, 3.63) is 30.3 Å². The number of rotatable bonds is 6. The summed E-state index contributed by atoms with van der Waals surface area (Å²) in [5.74, 6) is -0.381. The first-order valence-corrected chi connectivity index (χ1v) is 9.44. The maximum atomic E-state index is 12.6. The summed E-state index contributed by atoms with van der Waals surface area (Å²) in [6.07, 6.45) is 2.12. The molecule has 24 heavy (non-hydrogen) atoms. The Hall–Kier alpha value is -1.15. The first-order valence-electron chi connectivity index (χ1n) is 7.99. The molecule has 0 aromatic heterocycles. The van der Waals surface area contributed by atoms with Crippen LogP contribution in [0.5, 0.6) is 0 Å². The van der Waals surface area contributed by atoms with Gasteiger partial charge in [-0.3, -0.25) is 4.79 Å². The van der Waals surface area contributed by atoms with Gasteiger partial charge in [-0.15, -0.1) is 12.4 Å².